The molecule has 1 amide bonds. The Morgan fingerprint density at radius 3 is 2.71 bits per heavy atom. The number of halogens is 1. The summed E-state index contributed by atoms with van der Waals surface area (Å²) in [4.78, 5) is 22.5. The molecule has 2 aromatic carbocycles. The molecule has 162 valence electrons. The molecule has 0 aliphatic carbocycles. The van der Waals surface area contributed by atoms with E-state index in [9.17, 15) is 14.0 Å². The molecule has 2 aromatic rings. The van der Waals surface area contributed by atoms with Crippen LogP contribution in [0.5, 0.6) is 11.5 Å². The Kier molecular flexibility index (Phi) is 7.60. The Morgan fingerprint density at radius 2 is 2.00 bits per heavy atom. The van der Waals surface area contributed by atoms with Gasteiger partial charge in [-0.2, -0.15) is 5.10 Å². The topological polar surface area (TPSA) is 110 Å². The molecule has 2 N–H and O–H groups in total. The normalized spacial score (nSPS) is 17.2. The maximum absolute atomic E-state index is 13.0. The standard InChI is InChI=1S/C21H20FN3O5S/c1-2-29-17-9-14(5-8-16(17)30-12-13-3-6-15(22)7-4-13)11-23-25-21-24-20(28)18(31-21)10-19(26)27/h3-9,11,18H,2,10,12H2,1H3,(H,26,27)(H,24,25,28)/b23-11+. The van der Waals surface area contributed by atoms with E-state index in [1.807, 2.05) is 6.92 Å². The molecule has 1 atom stereocenters. The lowest BCUT2D eigenvalue weighted by molar-refractivity contribution is -0.138. The first-order valence-electron chi connectivity index (χ1n) is 9.39. The van der Waals surface area contributed by atoms with Crippen LogP contribution in [0.2, 0.25) is 0 Å². The van der Waals surface area contributed by atoms with Crippen LogP contribution in [0.25, 0.3) is 0 Å². The number of carboxylic acid groups (broad SMARTS) is 1. The smallest absolute Gasteiger partial charge is 0.305 e. The van der Waals surface area contributed by atoms with Crippen molar-refractivity contribution in [1.29, 1.82) is 0 Å². The fraction of sp³-hybridized carbons (Fsp3) is 0.238. The second-order valence-electron chi connectivity index (χ2n) is 6.40. The minimum atomic E-state index is -1.05. The van der Waals surface area contributed by atoms with Crippen molar-refractivity contribution in [2.75, 3.05) is 6.61 Å². The number of carbonyl (C=O) groups excluding carboxylic acids is 1. The van der Waals surface area contributed by atoms with Crippen LogP contribution in [0.1, 0.15) is 24.5 Å². The number of amidine groups is 1. The van der Waals surface area contributed by atoms with Gasteiger partial charge in [0.25, 0.3) is 0 Å². The Morgan fingerprint density at radius 1 is 1.23 bits per heavy atom. The Bertz CT molecular complexity index is 1010. The molecule has 0 aromatic heterocycles. The van der Waals surface area contributed by atoms with Crippen molar-refractivity contribution in [3.05, 3.63) is 59.4 Å². The van der Waals surface area contributed by atoms with Crippen molar-refractivity contribution in [3.8, 4) is 11.5 Å². The van der Waals surface area contributed by atoms with Crippen LogP contribution in [-0.2, 0) is 16.2 Å². The highest BCUT2D eigenvalue weighted by molar-refractivity contribution is 8.15. The van der Waals surface area contributed by atoms with Gasteiger partial charge in [-0.3, -0.25) is 9.59 Å². The lowest BCUT2D eigenvalue weighted by atomic mass is 10.2. The Hall–Kier alpha value is -3.40. The summed E-state index contributed by atoms with van der Waals surface area (Å²) in [6.07, 6.45) is 1.20. The summed E-state index contributed by atoms with van der Waals surface area (Å²) >= 11 is 1.03. The van der Waals surface area contributed by atoms with E-state index in [0.717, 1.165) is 17.3 Å². The van der Waals surface area contributed by atoms with Crippen molar-refractivity contribution in [2.24, 2.45) is 10.2 Å². The lowest BCUT2D eigenvalue weighted by Crippen LogP contribution is -2.26. The van der Waals surface area contributed by atoms with E-state index >= 15 is 0 Å². The van der Waals surface area contributed by atoms with Crippen LogP contribution in [0.4, 0.5) is 4.39 Å². The van der Waals surface area contributed by atoms with E-state index in [1.165, 1.54) is 18.3 Å². The molecule has 8 nitrogen and oxygen atoms in total. The number of ether oxygens (including phenoxy) is 2. The molecule has 1 aliphatic rings. The SMILES string of the molecule is CCOc1cc(/C=N/N=C2/NC(=O)C(CC(=O)O)S2)ccc1OCc1ccc(F)cc1. The molecule has 0 radical (unpaired) electrons. The molecule has 1 saturated heterocycles. The average molecular weight is 445 g/mol. The van der Waals surface area contributed by atoms with Crippen LogP contribution in [0.3, 0.4) is 0 Å². The number of hydrogen-bond acceptors (Lipinski definition) is 7. The number of aliphatic carboxylic acids is 1. The summed E-state index contributed by atoms with van der Waals surface area (Å²) in [5.41, 5.74) is 1.51. The van der Waals surface area contributed by atoms with E-state index < -0.39 is 17.1 Å². The number of carboxylic acids is 1. The van der Waals surface area contributed by atoms with E-state index in [1.54, 1.807) is 30.3 Å². The van der Waals surface area contributed by atoms with Gasteiger partial charge in [0.1, 0.15) is 17.7 Å². The van der Waals surface area contributed by atoms with Gasteiger partial charge in [-0.25, -0.2) is 4.39 Å². The van der Waals surface area contributed by atoms with Crippen LogP contribution in [0, 0.1) is 5.82 Å². The number of hydrogen-bond donors (Lipinski definition) is 2. The maximum atomic E-state index is 13.0. The van der Waals surface area contributed by atoms with E-state index in [4.69, 9.17) is 14.6 Å². The molecule has 0 saturated carbocycles. The molecule has 1 heterocycles. The summed E-state index contributed by atoms with van der Waals surface area (Å²) in [6, 6.07) is 11.3. The highest BCUT2D eigenvalue weighted by atomic mass is 32.2. The van der Waals surface area contributed by atoms with E-state index in [2.05, 4.69) is 15.5 Å². The quantitative estimate of drug-likeness (QED) is 0.453. The number of nitrogens with zero attached hydrogens (tertiary/aromatic N) is 2. The molecule has 3 rings (SSSR count). The number of amides is 1. The first kappa shape index (κ1) is 22.3. The molecule has 31 heavy (non-hydrogen) atoms. The van der Waals surface area contributed by atoms with Crippen LogP contribution < -0.4 is 14.8 Å². The predicted octanol–water partition coefficient (Wildman–Crippen LogP) is 3.20. The van der Waals surface area contributed by atoms with Gasteiger partial charge in [0, 0.05) is 0 Å². The number of rotatable bonds is 9. The summed E-state index contributed by atoms with van der Waals surface area (Å²) in [5.74, 6) is -0.708. The van der Waals surface area contributed by atoms with Crippen molar-refractivity contribution in [1.82, 2.24) is 5.32 Å². The highest BCUT2D eigenvalue weighted by Crippen LogP contribution is 2.29. The monoisotopic (exact) mass is 445 g/mol. The zero-order valence-corrected chi connectivity index (χ0v) is 17.4. The molecular formula is C21H20FN3O5S. The maximum Gasteiger partial charge on any atom is 0.305 e. The first-order chi connectivity index (χ1) is 14.9. The third-order valence-corrected chi connectivity index (χ3v) is 5.14. The first-order valence-corrected chi connectivity index (χ1v) is 10.3. The summed E-state index contributed by atoms with van der Waals surface area (Å²) in [7, 11) is 0. The van der Waals surface area contributed by atoms with Crippen molar-refractivity contribution in [2.45, 2.75) is 25.2 Å². The van der Waals surface area contributed by atoms with Gasteiger partial charge in [0.15, 0.2) is 16.7 Å². The number of nitrogens with one attached hydrogen (secondary N) is 1. The second kappa shape index (κ2) is 10.6. The third kappa shape index (κ3) is 6.54. The van der Waals surface area contributed by atoms with Gasteiger partial charge in [0.2, 0.25) is 5.91 Å². The lowest BCUT2D eigenvalue weighted by Gasteiger charge is -2.12. The zero-order valence-electron chi connectivity index (χ0n) is 16.6. The zero-order chi connectivity index (χ0) is 22.2. The van der Waals surface area contributed by atoms with Crippen molar-refractivity contribution in [3.63, 3.8) is 0 Å². The van der Waals surface area contributed by atoms with Crippen LogP contribution in [0.15, 0.2) is 52.7 Å². The summed E-state index contributed by atoms with van der Waals surface area (Å²) < 4.78 is 24.4. The highest BCUT2D eigenvalue weighted by Gasteiger charge is 2.32. The van der Waals surface area contributed by atoms with Gasteiger partial charge >= 0.3 is 5.97 Å². The molecule has 1 unspecified atom stereocenters. The van der Waals surface area contributed by atoms with Crippen molar-refractivity contribution >= 4 is 35.0 Å². The number of benzene rings is 2. The van der Waals surface area contributed by atoms with Gasteiger partial charge in [-0.05, 0) is 48.4 Å². The van der Waals surface area contributed by atoms with Gasteiger partial charge < -0.3 is 19.9 Å². The predicted molar refractivity (Wildman–Crippen MR) is 115 cm³/mol. The van der Waals surface area contributed by atoms with Gasteiger partial charge in [-0.1, -0.05) is 23.9 Å². The van der Waals surface area contributed by atoms with Crippen molar-refractivity contribution < 1.29 is 28.6 Å². The van der Waals surface area contributed by atoms with E-state index in [-0.39, 0.29) is 24.0 Å². The summed E-state index contributed by atoms with van der Waals surface area (Å²) in [5, 5.41) is 18.7. The number of carbonyl (C=O) groups is 2. The fourth-order valence-electron chi connectivity index (χ4n) is 2.63. The fourth-order valence-corrected chi connectivity index (χ4v) is 3.54. The second-order valence-corrected chi connectivity index (χ2v) is 7.59. The van der Waals surface area contributed by atoms with Gasteiger partial charge in [-0.15, -0.1) is 5.10 Å². The molecule has 0 spiro atoms. The van der Waals surface area contributed by atoms with Crippen LogP contribution >= 0.6 is 11.8 Å². The minimum Gasteiger partial charge on any atom is -0.490 e. The van der Waals surface area contributed by atoms with Crippen LogP contribution in [-0.4, -0.2) is 40.2 Å². The molecule has 1 fully saturated rings. The third-order valence-electron chi connectivity index (χ3n) is 4.07. The molecule has 0 bridgehead atoms. The summed E-state index contributed by atoms with van der Waals surface area (Å²) in [6.45, 7) is 2.54. The number of thioether (sulfide) groups is 1. The Balaban J connectivity index is 1.65. The molecule has 10 heteroatoms. The molecule has 1 aliphatic heterocycles. The average Bonchev–Trinajstić information content (AvgIpc) is 3.07. The Labute approximate surface area is 182 Å². The minimum absolute atomic E-state index is 0.247. The molecular weight excluding hydrogens is 425 g/mol. The van der Waals surface area contributed by atoms with E-state index in [0.29, 0.717) is 23.7 Å². The largest absolute Gasteiger partial charge is 0.490 e. The van der Waals surface area contributed by atoms with Gasteiger partial charge in [0.05, 0.1) is 19.2 Å².